The molecule has 144 valence electrons. The molecule has 2 aromatic rings. The summed E-state index contributed by atoms with van der Waals surface area (Å²) in [6.45, 7) is 3.17. The van der Waals surface area contributed by atoms with Crippen LogP contribution in [0.15, 0.2) is 24.3 Å². The zero-order valence-electron chi connectivity index (χ0n) is 15.9. The maximum Gasteiger partial charge on any atom is 0.265 e. The summed E-state index contributed by atoms with van der Waals surface area (Å²) >= 11 is 1.44. The Hall–Kier alpha value is -1.92. The Balaban J connectivity index is 1.55. The molecule has 0 bridgehead atoms. The van der Waals surface area contributed by atoms with Gasteiger partial charge in [0, 0.05) is 24.6 Å². The van der Waals surface area contributed by atoms with Crippen LogP contribution >= 0.6 is 11.3 Å². The molecule has 1 saturated carbocycles. The summed E-state index contributed by atoms with van der Waals surface area (Å²) in [4.78, 5) is 20.4. The number of amides is 1. The Bertz CT molecular complexity index is 850. The van der Waals surface area contributed by atoms with Crippen molar-refractivity contribution >= 4 is 17.2 Å². The largest absolute Gasteiger partial charge is 0.497 e. The second-order valence-electron chi connectivity index (χ2n) is 7.71. The van der Waals surface area contributed by atoms with Crippen molar-refractivity contribution in [1.29, 1.82) is 0 Å². The first-order valence-electron chi connectivity index (χ1n) is 9.64. The molecule has 2 fully saturated rings. The number of carbonyl (C=O) groups is 1. The molecule has 1 saturated heterocycles. The van der Waals surface area contributed by atoms with Crippen LogP contribution in [0.5, 0.6) is 5.75 Å². The van der Waals surface area contributed by atoms with Crippen molar-refractivity contribution < 1.29 is 14.6 Å². The number of rotatable bonds is 3. The van der Waals surface area contributed by atoms with Gasteiger partial charge < -0.3 is 14.7 Å². The van der Waals surface area contributed by atoms with Crippen molar-refractivity contribution in [3.8, 4) is 16.3 Å². The van der Waals surface area contributed by atoms with Gasteiger partial charge in [-0.25, -0.2) is 4.98 Å². The van der Waals surface area contributed by atoms with Crippen molar-refractivity contribution in [2.24, 2.45) is 5.92 Å². The van der Waals surface area contributed by atoms with Crippen LogP contribution in [-0.2, 0) is 0 Å². The van der Waals surface area contributed by atoms with E-state index >= 15 is 0 Å². The summed E-state index contributed by atoms with van der Waals surface area (Å²) in [5.74, 6) is 1.03. The van der Waals surface area contributed by atoms with Crippen LogP contribution in [-0.4, -0.2) is 46.7 Å². The normalized spacial score (nSPS) is 25.1. The number of methoxy groups -OCH3 is 1. The van der Waals surface area contributed by atoms with E-state index in [1.807, 2.05) is 36.1 Å². The van der Waals surface area contributed by atoms with E-state index in [1.54, 1.807) is 7.11 Å². The predicted molar refractivity (Wildman–Crippen MR) is 106 cm³/mol. The Morgan fingerprint density at radius 2 is 2.22 bits per heavy atom. The Morgan fingerprint density at radius 3 is 3.04 bits per heavy atom. The molecule has 2 atom stereocenters. The molecule has 0 radical (unpaired) electrons. The van der Waals surface area contributed by atoms with Crippen LogP contribution in [0.4, 0.5) is 0 Å². The highest BCUT2D eigenvalue weighted by Crippen LogP contribution is 2.40. The van der Waals surface area contributed by atoms with E-state index in [-0.39, 0.29) is 11.8 Å². The molecule has 2 heterocycles. The fourth-order valence-corrected chi connectivity index (χ4v) is 5.40. The number of ether oxygens (including phenoxy) is 1. The first-order chi connectivity index (χ1) is 13.0. The van der Waals surface area contributed by atoms with Gasteiger partial charge in [-0.15, -0.1) is 11.3 Å². The Morgan fingerprint density at radius 1 is 1.37 bits per heavy atom. The minimum Gasteiger partial charge on any atom is -0.497 e. The van der Waals surface area contributed by atoms with Gasteiger partial charge in [-0.05, 0) is 38.3 Å². The van der Waals surface area contributed by atoms with Crippen LogP contribution in [0.2, 0.25) is 0 Å². The van der Waals surface area contributed by atoms with Crippen molar-refractivity contribution in [3.63, 3.8) is 0 Å². The summed E-state index contributed by atoms with van der Waals surface area (Å²) in [5, 5.41) is 11.7. The molecule has 1 N–H and O–H groups in total. The molecule has 1 aromatic heterocycles. The van der Waals surface area contributed by atoms with Gasteiger partial charge >= 0.3 is 0 Å². The second-order valence-corrected chi connectivity index (χ2v) is 8.71. The zero-order chi connectivity index (χ0) is 19.0. The number of nitrogens with zero attached hydrogens (tertiary/aromatic N) is 2. The number of hydrogen-bond acceptors (Lipinski definition) is 5. The number of piperidine rings is 1. The highest BCUT2D eigenvalue weighted by molar-refractivity contribution is 7.17. The standard InChI is InChI=1S/C21H26N2O3S/c1-14-18(27-19(22-14)15-6-5-8-17(12-15)26-2)20(24)23-11-10-21(25)9-4-3-7-16(21)13-23/h5-6,8,12,16,25H,3-4,7,9-11,13H2,1-2H3/t16-,21+/m1/s1. The van der Waals surface area contributed by atoms with Gasteiger partial charge in [0.2, 0.25) is 0 Å². The van der Waals surface area contributed by atoms with Crippen molar-refractivity contribution in [3.05, 3.63) is 34.8 Å². The van der Waals surface area contributed by atoms with Gasteiger partial charge in [0.05, 0.1) is 18.4 Å². The van der Waals surface area contributed by atoms with Gasteiger partial charge in [-0.3, -0.25) is 4.79 Å². The van der Waals surface area contributed by atoms with Gasteiger partial charge in [0.15, 0.2) is 0 Å². The van der Waals surface area contributed by atoms with Crippen LogP contribution < -0.4 is 4.74 Å². The predicted octanol–water partition coefficient (Wildman–Crippen LogP) is 3.89. The Kier molecular flexibility index (Phi) is 4.95. The smallest absolute Gasteiger partial charge is 0.265 e. The first kappa shape index (κ1) is 18.4. The van der Waals surface area contributed by atoms with E-state index in [1.165, 1.54) is 11.3 Å². The molecule has 1 aliphatic carbocycles. The topological polar surface area (TPSA) is 62.7 Å². The minimum absolute atomic E-state index is 0.0479. The number of hydrogen-bond donors (Lipinski definition) is 1. The number of aryl methyl sites for hydroxylation is 1. The van der Waals surface area contributed by atoms with Crippen LogP contribution in [0.25, 0.3) is 10.6 Å². The molecule has 0 spiro atoms. The number of fused-ring (bicyclic) bond motifs is 1. The summed E-state index contributed by atoms with van der Waals surface area (Å²) < 4.78 is 5.29. The molecule has 1 amide bonds. The van der Waals surface area contributed by atoms with E-state index in [0.717, 1.165) is 47.7 Å². The van der Waals surface area contributed by atoms with Crippen molar-refractivity contribution in [2.75, 3.05) is 20.2 Å². The lowest BCUT2D eigenvalue weighted by atomic mass is 9.71. The molecule has 0 unspecified atom stereocenters. The molecular weight excluding hydrogens is 360 g/mol. The van der Waals surface area contributed by atoms with E-state index < -0.39 is 5.60 Å². The lowest BCUT2D eigenvalue weighted by molar-refractivity contribution is -0.0885. The SMILES string of the molecule is COc1cccc(-c2nc(C)c(C(=O)N3CC[C@@]4(O)CCCC[C@@H]4C3)s2)c1. The number of likely N-dealkylation sites (tertiary alicyclic amines) is 1. The van der Waals surface area contributed by atoms with Gasteiger partial charge in [0.1, 0.15) is 15.6 Å². The lowest BCUT2D eigenvalue weighted by Crippen LogP contribution is -2.54. The highest BCUT2D eigenvalue weighted by Gasteiger charge is 2.44. The average Bonchev–Trinajstić information content (AvgIpc) is 3.08. The summed E-state index contributed by atoms with van der Waals surface area (Å²) in [5.41, 5.74) is 1.16. The minimum atomic E-state index is -0.566. The van der Waals surface area contributed by atoms with Crippen LogP contribution in [0.3, 0.4) is 0 Å². The number of benzene rings is 1. The zero-order valence-corrected chi connectivity index (χ0v) is 16.7. The monoisotopic (exact) mass is 386 g/mol. The van der Waals surface area contributed by atoms with E-state index in [2.05, 4.69) is 4.98 Å². The highest BCUT2D eigenvalue weighted by atomic mass is 32.1. The van der Waals surface area contributed by atoms with Gasteiger partial charge in [-0.2, -0.15) is 0 Å². The van der Waals surface area contributed by atoms with Gasteiger partial charge in [-0.1, -0.05) is 25.0 Å². The van der Waals surface area contributed by atoms with Crippen LogP contribution in [0.1, 0.15) is 47.5 Å². The van der Waals surface area contributed by atoms with Gasteiger partial charge in [0.25, 0.3) is 5.91 Å². The molecule has 5 nitrogen and oxygen atoms in total. The van der Waals surface area contributed by atoms with E-state index in [9.17, 15) is 9.90 Å². The third kappa shape index (κ3) is 3.48. The maximum atomic E-state index is 13.2. The second kappa shape index (κ2) is 7.24. The quantitative estimate of drug-likeness (QED) is 0.869. The number of thiazole rings is 1. The van der Waals surface area contributed by atoms with Crippen molar-refractivity contribution in [1.82, 2.24) is 9.88 Å². The fourth-order valence-electron chi connectivity index (χ4n) is 4.37. The third-order valence-corrected chi connectivity index (χ3v) is 7.22. The summed E-state index contributed by atoms with van der Waals surface area (Å²) in [7, 11) is 1.64. The number of aromatic nitrogens is 1. The number of aliphatic hydroxyl groups is 1. The maximum absolute atomic E-state index is 13.2. The molecular formula is C21H26N2O3S. The average molecular weight is 387 g/mol. The molecule has 1 aromatic carbocycles. The van der Waals surface area contributed by atoms with Crippen LogP contribution in [0, 0.1) is 12.8 Å². The molecule has 27 heavy (non-hydrogen) atoms. The van der Waals surface area contributed by atoms with E-state index in [0.29, 0.717) is 24.4 Å². The van der Waals surface area contributed by atoms with E-state index in [4.69, 9.17) is 4.74 Å². The first-order valence-corrected chi connectivity index (χ1v) is 10.5. The molecule has 6 heteroatoms. The summed E-state index contributed by atoms with van der Waals surface area (Å²) in [6.07, 6.45) is 4.81. The molecule has 1 aliphatic heterocycles. The lowest BCUT2D eigenvalue weighted by Gasteiger charge is -2.47. The van der Waals surface area contributed by atoms with Crippen molar-refractivity contribution in [2.45, 2.75) is 44.6 Å². The summed E-state index contributed by atoms with van der Waals surface area (Å²) in [6, 6.07) is 7.75. The number of carbonyl (C=O) groups excluding carboxylic acids is 1. The molecule has 2 aliphatic rings. The third-order valence-electron chi connectivity index (χ3n) is 6.02. The Labute approximate surface area is 164 Å². The molecule has 4 rings (SSSR count). The fraction of sp³-hybridized carbons (Fsp3) is 0.524.